The van der Waals surface area contributed by atoms with Gasteiger partial charge in [-0.05, 0) is 22.8 Å². The molecule has 6 nitrogen and oxygen atoms in total. The predicted molar refractivity (Wildman–Crippen MR) is 123 cm³/mol. The van der Waals surface area contributed by atoms with Crippen molar-refractivity contribution in [3.8, 4) is 5.75 Å². The number of allylic oxidation sites excluding steroid dienone is 1. The van der Waals surface area contributed by atoms with Gasteiger partial charge in [-0.3, -0.25) is 9.59 Å². The van der Waals surface area contributed by atoms with E-state index in [4.69, 9.17) is 0 Å². The average Bonchev–Trinajstić information content (AvgIpc) is 2.97. The molecule has 0 radical (unpaired) electrons. The highest BCUT2D eigenvalue weighted by Gasteiger charge is 2.40. The van der Waals surface area contributed by atoms with Crippen LogP contribution >= 0.6 is 0 Å². The van der Waals surface area contributed by atoms with Crippen LogP contribution in [0.3, 0.4) is 0 Å². The van der Waals surface area contributed by atoms with Crippen molar-refractivity contribution in [2.45, 2.75) is 32.1 Å². The molecule has 3 aromatic carbocycles. The van der Waals surface area contributed by atoms with Gasteiger partial charge in [0.15, 0.2) is 0 Å². The molecule has 0 unspecified atom stereocenters. The van der Waals surface area contributed by atoms with Gasteiger partial charge in [-0.1, -0.05) is 50.2 Å². The lowest BCUT2D eigenvalue weighted by Gasteiger charge is -2.26. The smallest absolute Gasteiger partial charge is 0.306 e. The van der Waals surface area contributed by atoms with Gasteiger partial charge in [0, 0.05) is 42.0 Å². The molecule has 5 rings (SSSR count). The van der Waals surface area contributed by atoms with Crippen LogP contribution in [0.5, 0.6) is 5.75 Å². The molecule has 32 heavy (non-hydrogen) atoms. The molecule has 0 saturated carbocycles. The number of likely N-dealkylation sites (N-methyl/N-ethyl adjacent to an activating group) is 1. The minimum Gasteiger partial charge on any atom is -0.867 e. The van der Waals surface area contributed by atoms with E-state index in [1.807, 2.05) is 19.2 Å². The van der Waals surface area contributed by atoms with E-state index in [1.54, 1.807) is 10.7 Å². The first kappa shape index (κ1) is 20.5. The molecule has 1 saturated heterocycles. The number of fused-ring (bicyclic) bond motifs is 3. The zero-order chi connectivity index (χ0) is 22.8. The number of benzene rings is 2. The molecule has 164 valence electrons. The van der Waals surface area contributed by atoms with E-state index in [-0.39, 0.29) is 27.5 Å². The van der Waals surface area contributed by atoms with Crippen molar-refractivity contribution in [1.29, 1.82) is 0 Å². The Morgan fingerprint density at radius 3 is 2.53 bits per heavy atom. The molecule has 2 aliphatic rings. The Hall–Kier alpha value is -3.41. The summed E-state index contributed by atoms with van der Waals surface area (Å²) in [5, 5.41) is 24.6. The van der Waals surface area contributed by atoms with E-state index in [0.717, 1.165) is 22.2 Å². The summed E-state index contributed by atoms with van der Waals surface area (Å²) in [5.41, 5.74) is 2.83. The third-order valence-electron chi connectivity index (χ3n) is 7.27. The number of nitrogens with zero attached hydrogens (tertiary/aromatic N) is 2. The number of rotatable bonds is 2. The van der Waals surface area contributed by atoms with Gasteiger partial charge >= 0.3 is 5.97 Å². The summed E-state index contributed by atoms with van der Waals surface area (Å²) < 4.78 is 1.76. The van der Waals surface area contributed by atoms with Crippen molar-refractivity contribution in [3.05, 3.63) is 68.8 Å². The standard InChI is InChI=1S/C26H26N2O4/c1-26(2)19-9-8-15-6-4-5-7-17(15)21(19)27(3)20(26)14-18-23(29)22(24(18)30)28-12-10-16(11-13-28)25(31)32/h4-9,14,16H,10-13H2,1-3H3,(H-,29,30,31,32). The summed E-state index contributed by atoms with van der Waals surface area (Å²) in [5.74, 6) is -1.44. The van der Waals surface area contributed by atoms with Crippen LogP contribution in [0.4, 0.5) is 5.69 Å². The summed E-state index contributed by atoms with van der Waals surface area (Å²) in [4.78, 5) is 26.2. The molecule has 6 heteroatoms. The van der Waals surface area contributed by atoms with Crippen LogP contribution in [0, 0.1) is 5.92 Å². The van der Waals surface area contributed by atoms with Gasteiger partial charge in [-0.15, -0.1) is 0 Å². The molecule has 1 N–H and O–H groups in total. The van der Waals surface area contributed by atoms with Crippen LogP contribution in [0.2, 0.25) is 0 Å². The first-order valence-electron chi connectivity index (χ1n) is 11.0. The minimum atomic E-state index is -0.809. The molecule has 0 aliphatic carbocycles. The van der Waals surface area contributed by atoms with Crippen LogP contribution in [-0.4, -0.2) is 31.2 Å². The molecule has 0 bridgehead atoms. The van der Waals surface area contributed by atoms with Gasteiger partial charge in [0.25, 0.3) is 5.43 Å². The lowest BCUT2D eigenvalue weighted by Crippen LogP contribution is -2.51. The van der Waals surface area contributed by atoms with E-state index >= 15 is 0 Å². The minimum absolute atomic E-state index is 0.210. The molecule has 0 atom stereocenters. The molecule has 0 amide bonds. The topological polar surface area (TPSA) is 83.7 Å². The molecule has 3 aromatic rings. The highest BCUT2D eigenvalue weighted by molar-refractivity contribution is 6.00. The van der Waals surface area contributed by atoms with Crippen molar-refractivity contribution in [2.75, 3.05) is 25.0 Å². The Morgan fingerprint density at radius 2 is 1.88 bits per heavy atom. The van der Waals surface area contributed by atoms with Crippen LogP contribution in [0.15, 0.2) is 46.9 Å². The molecule has 2 heterocycles. The van der Waals surface area contributed by atoms with Gasteiger partial charge in [0.05, 0.1) is 11.6 Å². The zero-order valence-corrected chi connectivity index (χ0v) is 18.5. The SMILES string of the molecule is CN1C(=Cc2c([O-])c(=[N+]3CCC(C(=O)O)CC3)c2=O)C(C)(C)c2ccc3ccccc3c21. The van der Waals surface area contributed by atoms with Crippen molar-refractivity contribution in [2.24, 2.45) is 5.92 Å². The number of carboxylic acids is 1. The van der Waals surface area contributed by atoms with Crippen LogP contribution < -0.4 is 25.4 Å². The van der Waals surface area contributed by atoms with E-state index in [1.165, 1.54) is 5.56 Å². The normalized spacial score (nSPS) is 21.5. The van der Waals surface area contributed by atoms with E-state index in [0.29, 0.717) is 25.9 Å². The van der Waals surface area contributed by atoms with Crippen molar-refractivity contribution in [3.63, 3.8) is 0 Å². The Labute approximate surface area is 186 Å². The van der Waals surface area contributed by atoms with Crippen molar-refractivity contribution >= 4 is 28.5 Å². The lowest BCUT2D eigenvalue weighted by molar-refractivity contribution is -0.273. The Bertz CT molecular complexity index is 1380. The second-order valence-electron chi connectivity index (χ2n) is 9.42. The largest absolute Gasteiger partial charge is 0.867 e. The summed E-state index contributed by atoms with van der Waals surface area (Å²) >= 11 is 0. The Morgan fingerprint density at radius 1 is 1.19 bits per heavy atom. The number of piperidine rings is 1. The van der Waals surface area contributed by atoms with E-state index < -0.39 is 11.9 Å². The summed E-state index contributed by atoms with van der Waals surface area (Å²) in [6, 6.07) is 12.5. The second kappa shape index (κ2) is 7.05. The third-order valence-corrected chi connectivity index (χ3v) is 7.27. The maximum atomic E-state index is 13.0. The molecule has 0 spiro atoms. The maximum Gasteiger partial charge on any atom is 0.306 e. The first-order valence-corrected chi connectivity index (χ1v) is 11.0. The van der Waals surface area contributed by atoms with Crippen molar-refractivity contribution in [1.82, 2.24) is 4.58 Å². The zero-order valence-electron chi connectivity index (χ0n) is 18.5. The molecule has 2 aliphatic heterocycles. The van der Waals surface area contributed by atoms with Gasteiger partial charge in [-0.2, -0.15) is 0 Å². The Balaban J connectivity index is 1.56. The lowest BCUT2D eigenvalue weighted by atomic mass is 9.82. The molecular formula is C26H26N2O4. The van der Waals surface area contributed by atoms with E-state index in [2.05, 4.69) is 43.0 Å². The fraction of sp³-hybridized carbons (Fsp3) is 0.346. The maximum absolute atomic E-state index is 13.0. The molecule has 0 aromatic heterocycles. The summed E-state index contributed by atoms with van der Waals surface area (Å²) in [7, 11) is 1.99. The fourth-order valence-electron chi connectivity index (χ4n) is 5.38. The monoisotopic (exact) mass is 430 g/mol. The number of aliphatic carboxylic acids is 1. The fourth-order valence-corrected chi connectivity index (χ4v) is 5.38. The number of hydrogen-bond acceptors (Lipinski definition) is 4. The Kier molecular flexibility index (Phi) is 4.52. The number of anilines is 1. The number of carbonyl (C=O) groups is 1. The second-order valence-corrected chi connectivity index (χ2v) is 9.42. The molecule has 1 fully saturated rings. The highest BCUT2D eigenvalue weighted by Crippen LogP contribution is 2.50. The number of carboxylic acid groups (broad SMARTS) is 1. The highest BCUT2D eigenvalue weighted by atomic mass is 16.4. The van der Waals surface area contributed by atoms with Crippen molar-refractivity contribution < 1.29 is 15.0 Å². The number of hydrogen-bond donors (Lipinski definition) is 1. The summed E-state index contributed by atoms with van der Waals surface area (Å²) in [6.07, 6.45) is 2.66. The third kappa shape index (κ3) is 2.82. The van der Waals surface area contributed by atoms with Gasteiger partial charge in [0.2, 0.25) is 5.36 Å². The summed E-state index contributed by atoms with van der Waals surface area (Å²) in [6.45, 7) is 5.09. The molecular weight excluding hydrogens is 404 g/mol. The first-order chi connectivity index (χ1) is 15.2. The van der Waals surface area contributed by atoms with E-state index in [9.17, 15) is 19.8 Å². The van der Waals surface area contributed by atoms with Gasteiger partial charge in [-0.25, -0.2) is 4.58 Å². The van der Waals surface area contributed by atoms with Gasteiger partial charge < -0.3 is 15.1 Å². The van der Waals surface area contributed by atoms with Crippen LogP contribution in [-0.2, 0) is 10.2 Å². The average molecular weight is 431 g/mol. The van der Waals surface area contributed by atoms with Gasteiger partial charge in [0.1, 0.15) is 13.1 Å². The van der Waals surface area contributed by atoms with Crippen LogP contribution in [0.1, 0.15) is 37.8 Å². The van der Waals surface area contributed by atoms with Crippen LogP contribution in [0.25, 0.3) is 16.8 Å². The quantitative estimate of drug-likeness (QED) is 0.630. The predicted octanol–water partition coefficient (Wildman–Crippen LogP) is 2.18.